The molecule has 4 unspecified atom stereocenters. The Hall–Kier alpha value is -0.0400. The van der Waals surface area contributed by atoms with Gasteiger partial charge in [0, 0.05) is 6.04 Å². The monoisotopic (exact) mass is 139 g/mol. The van der Waals surface area contributed by atoms with Gasteiger partial charge in [-0.25, -0.2) is 0 Å². The molecule has 0 amide bonds. The van der Waals surface area contributed by atoms with Gasteiger partial charge in [0.25, 0.3) is 0 Å². The van der Waals surface area contributed by atoms with Crippen molar-refractivity contribution in [3.63, 3.8) is 0 Å². The molecule has 10 heavy (non-hydrogen) atoms. The molecule has 2 saturated carbocycles. The molecule has 58 valence electrons. The zero-order chi connectivity index (χ0) is 7.14. The molecule has 1 nitrogen and oxygen atoms in total. The van der Waals surface area contributed by atoms with Crippen LogP contribution >= 0.6 is 0 Å². The van der Waals surface area contributed by atoms with Gasteiger partial charge in [0.2, 0.25) is 0 Å². The Balaban J connectivity index is 2.01. The van der Waals surface area contributed by atoms with Crippen LogP contribution in [-0.4, -0.2) is 6.04 Å². The van der Waals surface area contributed by atoms with Crippen LogP contribution in [0.5, 0.6) is 0 Å². The molecule has 0 bridgehead atoms. The first-order valence-electron chi connectivity index (χ1n) is 4.60. The average Bonchev–Trinajstić information content (AvgIpc) is 2.33. The third kappa shape index (κ3) is 0.672. The first kappa shape index (κ1) is 6.66. The summed E-state index contributed by atoms with van der Waals surface area (Å²) in [6, 6.07) is 0.567. The molecule has 2 aliphatic rings. The maximum atomic E-state index is 6.02. The summed E-state index contributed by atoms with van der Waals surface area (Å²) in [5.74, 6) is 2.83. The van der Waals surface area contributed by atoms with Crippen LogP contribution in [0.15, 0.2) is 0 Å². The summed E-state index contributed by atoms with van der Waals surface area (Å²) < 4.78 is 0. The lowest BCUT2D eigenvalue weighted by Gasteiger charge is -2.47. The molecule has 0 aliphatic heterocycles. The number of fused-ring (bicyclic) bond motifs is 1. The lowest BCUT2D eigenvalue weighted by molar-refractivity contribution is 0.0618. The van der Waals surface area contributed by atoms with Crippen LogP contribution in [-0.2, 0) is 0 Å². The normalized spacial score (nSPS) is 52.2. The van der Waals surface area contributed by atoms with E-state index in [1.165, 1.54) is 25.7 Å². The van der Waals surface area contributed by atoms with E-state index in [-0.39, 0.29) is 0 Å². The second-order valence-electron chi connectivity index (χ2n) is 3.91. The summed E-state index contributed by atoms with van der Waals surface area (Å²) in [6.45, 7) is 2.28. The average molecular weight is 139 g/mol. The molecule has 0 radical (unpaired) electrons. The SMILES string of the molecule is CCC1C(N)C2CCCC12. The van der Waals surface area contributed by atoms with E-state index in [9.17, 15) is 0 Å². The predicted molar refractivity (Wildman–Crippen MR) is 42.6 cm³/mol. The van der Waals surface area contributed by atoms with Crippen LogP contribution in [0.3, 0.4) is 0 Å². The van der Waals surface area contributed by atoms with E-state index in [2.05, 4.69) is 6.92 Å². The molecular weight excluding hydrogens is 122 g/mol. The van der Waals surface area contributed by atoms with Crippen molar-refractivity contribution >= 4 is 0 Å². The molecular formula is C9H17N. The van der Waals surface area contributed by atoms with Gasteiger partial charge in [-0.2, -0.15) is 0 Å². The molecule has 1 heteroatoms. The van der Waals surface area contributed by atoms with Gasteiger partial charge in [0.05, 0.1) is 0 Å². The Morgan fingerprint density at radius 2 is 2.00 bits per heavy atom. The fraction of sp³-hybridized carbons (Fsp3) is 1.00. The molecule has 2 N–H and O–H groups in total. The molecule has 0 heterocycles. The second kappa shape index (κ2) is 2.23. The Morgan fingerprint density at radius 3 is 2.70 bits per heavy atom. The van der Waals surface area contributed by atoms with E-state index in [0.29, 0.717) is 6.04 Å². The van der Waals surface area contributed by atoms with Crippen LogP contribution in [0.4, 0.5) is 0 Å². The molecule has 0 aromatic rings. The van der Waals surface area contributed by atoms with Crippen molar-refractivity contribution in [3.05, 3.63) is 0 Å². The number of nitrogens with two attached hydrogens (primary N) is 1. The van der Waals surface area contributed by atoms with Gasteiger partial charge in [-0.05, 0) is 30.6 Å². The summed E-state index contributed by atoms with van der Waals surface area (Å²) >= 11 is 0. The van der Waals surface area contributed by atoms with Crippen molar-refractivity contribution in [1.29, 1.82) is 0 Å². The summed E-state index contributed by atoms with van der Waals surface area (Å²) in [6.07, 6.45) is 5.64. The van der Waals surface area contributed by atoms with Crippen LogP contribution < -0.4 is 5.73 Å². The van der Waals surface area contributed by atoms with Crippen molar-refractivity contribution in [2.75, 3.05) is 0 Å². The molecule has 2 aliphatic carbocycles. The van der Waals surface area contributed by atoms with Gasteiger partial charge >= 0.3 is 0 Å². The van der Waals surface area contributed by atoms with E-state index < -0.39 is 0 Å². The van der Waals surface area contributed by atoms with Crippen molar-refractivity contribution in [1.82, 2.24) is 0 Å². The Morgan fingerprint density at radius 1 is 1.30 bits per heavy atom. The van der Waals surface area contributed by atoms with Crippen molar-refractivity contribution in [3.8, 4) is 0 Å². The van der Waals surface area contributed by atoms with E-state index in [4.69, 9.17) is 5.73 Å². The third-order valence-electron chi connectivity index (χ3n) is 3.63. The molecule has 2 fully saturated rings. The fourth-order valence-electron chi connectivity index (χ4n) is 3.06. The zero-order valence-corrected chi connectivity index (χ0v) is 6.72. The standard InChI is InChI=1S/C9H17N/c1-2-6-7-4-3-5-8(7)9(6)10/h6-9H,2-5,10H2,1H3. The van der Waals surface area contributed by atoms with Crippen LogP contribution in [0, 0.1) is 17.8 Å². The minimum atomic E-state index is 0.567. The smallest absolute Gasteiger partial charge is 0.0101 e. The summed E-state index contributed by atoms with van der Waals surface area (Å²) in [7, 11) is 0. The van der Waals surface area contributed by atoms with Crippen LogP contribution in [0.2, 0.25) is 0 Å². The van der Waals surface area contributed by atoms with Crippen LogP contribution in [0.1, 0.15) is 32.6 Å². The summed E-state index contributed by atoms with van der Waals surface area (Å²) in [5.41, 5.74) is 6.02. The Labute approximate surface area is 63.0 Å². The molecule has 4 atom stereocenters. The molecule has 2 rings (SSSR count). The first-order chi connectivity index (χ1) is 4.84. The summed E-state index contributed by atoms with van der Waals surface area (Å²) in [5, 5.41) is 0. The lowest BCUT2D eigenvalue weighted by atomic mass is 9.62. The van der Waals surface area contributed by atoms with Crippen molar-refractivity contribution in [2.45, 2.75) is 38.6 Å². The highest BCUT2D eigenvalue weighted by molar-refractivity contribution is 5.02. The first-order valence-corrected chi connectivity index (χ1v) is 4.60. The lowest BCUT2D eigenvalue weighted by Crippen LogP contribution is -2.53. The highest BCUT2D eigenvalue weighted by Crippen LogP contribution is 2.51. The van der Waals surface area contributed by atoms with Gasteiger partial charge in [-0.1, -0.05) is 19.8 Å². The van der Waals surface area contributed by atoms with Crippen molar-refractivity contribution < 1.29 is 0 Å². The minimum absolute atomic E-state index is 0.567. The minimum Gasteiger partial charge on any atom is -0.327 e. The molecule has 0 spiro atoms. The third-order valence-corrected chi connectivity index (χ3v) is 3.63. The molecule has 0 aromatic heterocycles. The highest BCUT2D eigenvalue weighted by atomic mass is 14.8. The van der Waals surface area contributed by atoms with E-state index in [1.54, 1.807) is 0 Å². The Kier molecular flexibility index (Phi) is 1.48. The number of hydrogen-bond acceptors (Lipinski definition) is 1. The van der Waals surface area contributed by atoms with Gasteiger partial charge in [-0.15, -0.1) is 0 Å². The van der Waals surface area contributed by atoms with Gasteiger partial charge < -0.3 is 5.73 Å². The zero-order valence-electron chi connectivity index (χ0n) is 6.72. The maximum Gasteiger partial charge on any atom is 0.0101 e. The van der Waals surface area contributed by atoms with Crippen molar-refractivity contribution in [2.24, 2.45) is 23.5 Å². The van der Waals surface area contributed by atoms with E-state index in [1.807, 2.05) is 0 Å². The van der Waals surface area contributed by atoms with Gasteiger partial charge in [0.1, 0.15) is 0 Å². The van der Waals surface area contributed by atoms with Gasteiger partial charge in [-0.3, -0.25) is 0 Å². The van der Waals surface area contributed by atoms with Crippen LogP contribution in [0.25, 0.3) is 0 Å². The highest BCUT2D eigenvalue weighted by Gasteiger charge is 2.48. The largest absolute Gasteiger partial charge is 0.327 e. The van der Waals surface area contributed by atoms with Gasteiger partial charge in [0.15, 0.2) is 0 Å². The fourth-order valence-corrected chi connectivity index (χ4v) is 3.06. The summed E-state index contributed by atoms with van der Waals surface area (Å²) in [4.78, 5) is 0. The quantitative estimate of drug-likeness (QED) is 0.588. The molecule has 0 saturated heterocycles. The second-order valence-corrected chi connectivity index (χ2v) is 3.91. The van der Waals surface area contributed by atoms with E-state index in [0.717, 1.165) is 17.8 Å². The Bertz CT molecular complexity index is 133. The van der Waals surface area contributed by atoms with E-state index >= 15 is 0 Å². The molecule has 0 aromatic carbocycles. The topological polar surface area (TPSA) is 26.0 Å². The maximum absolute atomic E-state index is 6.02. The predicted octanol–water partition coefficient (Wildman–Crippen LogP) is 1.77. The number of rotatable bonds is 1. The number of hydrogen-bond donors (Lipinski definition) is 1.